The number of pyridine rings is 1. The fraction of sp³-hybridized carbons (Fsp3) is 0.303. The number of anilines is 2. The first-order valence-electron chi connectivity index (χ1n) is 14.8. The summed E-state index contributed by atoms with van der Waals surface area (Å²) in [7, 11) is 0. The highest BCUT2D eigenvalue weighted by Gasteiger charge is 2.37. The molecule has 2 aromatic carbocycles. The Kier molecular flexibility index (Phi) is 8.38. The number of amides is 2. The van der Waals surface area contributed by atoms with Crippen LogP contribution in [0.3, 0.4) is 0 Å². The maximum Gasteiger partial charge on any atom is 0.255 e. The van der Waals surface area contributed by atoms with Crippen molar-refractivity contribution in [3.05, 3.63) is 95.0 Å². The van der Waals surface area contributed by atoms with Gasteiger partial charge in [0, 0.05) is 36.2 Å². The number of fused-ring (bicyclic) bond motifs is 1. The molecule has 44 heavy (non-hydrogen) atoms. The zero-order valence-corrected chi connectivity index (χ0v) is 25.1. The summed E-state index contributed by atoms with van der Waals surface area (Å²) < 4.78 is 5.46. The van der Waals surface area contributed by atoms with Crippen LogP contribution in [0.2, 0.25) is 0 Å². The molecule has 0 aliphatic carbocycles. The van der Waals surface area contributed by atoms with Crippen LogP contribution < -0.4 is 21.0 Å². The number of ether oxygens (including phenoxy) is 1. The number of aliphatic imine (C=N–C) groups is 2. The van der Waals surface area contributed by atoms with E-state index in [1.54, 1.807) is 12.5 Å². The van der Waals surface area contributed by atoms with Crippen molar-refractivity contribution in [2.24, 2.45) is 15.9 Å². The van der Waals surface area contributed by atoms with Gasteiger partial charge in [0.1, 0.15) is 12.0 Å². The molecule has 2 unspecified atom stereocenters. The minimum atomic E-state index is -0.379. The number of morpholine rings is 1. The minimum Gasteiger partial charge on any atom is -0.378 e. The summed E-state index contributed by atoms with van der Waals surface area (Å²) >= 11 is 0. The van der Waals surface area contributed by atoms with E-state index in [-0.39, 0.29) is 23.8 Å². The lowest BCUT2D eigenvalue weighted by Gasteiger charge is -2.29. The number of hydrazine groups is 1. The van der Waals surface area contributed by atoms with Gasteiger partial charge in [-0.25, -0.2) is 9.98 Å². The van der Waals surface area contributed by atoms with Crippen molar-refractivity contribution >= 4 is 41.1 Å². The van der Waals surface area contributed by atoms with Crippen LogP contribution in [-0.4, -0.2) is 66.8 Å². The van der Waals surface area contributed by atoms with Crippen LogP contribution in [0.5, 0.6) is 0 Å². The van der Waals surface area contributed by atoms with Crippen molar-refractivity contribution < 1.29 is 14.3 Å². The molecule has 2 atom stereocenters. The number of amidine groups is 1. The summed E-state index contributed by atoms with van der Waals surface area (Å²) in [6.07, 6.45) is 3.30. The maximum absolute atomic E-state index is 13.3. The molecule has 226 valence electrons. The molecule has 0 spiro atoms. The van der Waals surface area contributed by atoms with Crippen LogP contribution >= 0.6 is 0 Å². The summed E-state index contributed by atoms with van der Waals surface area (Å²) in [5.74, 6) is -0.159. The second-order valence-corrected chi connectivity index (χ2v) is 11.1. The summed E-state index contributed by atoms with van der Waals surface area (Å²) in [6, 6.07) is 18.7. The monoisotopic (exact) mass is 592 g/mol. The minimum absolute atomic E-state index is 0.0812. The number of benzene rings is 2. The Morgan fingerprint density at radius 3 is 2.70 bits per heavy atom. The second-order valence-electron chi connectivity index (χ2n) is 11.1. The number of carbonyl (C=O) groups is 2. The molecular formula is C33H36N8O3. The second kappa shape index (κ2) is 12.7. The van der Waals surface area contributed by atoms with Crippen LogP contribution in [0.1, 0.15) is 41.5 Å². The zero-order chi connectivity index (χ0) is 30.6. The Hall–Kier alpha value is -5.03. The van der Waals surface area contributed by atoms with Gasteiger partial charge in [-0.15, -0.1) is 0 Å². The van der Waals surface area contributed by atoms with Crippen molar-refractivity contribution in [1.29, 1.82) is 0 Å². The number of nitrogens with one attached hydrogen (secondary N) is 3. The Morgan fingerprint density at radius 2 is 1.91 bits per heavy atom. The van der Waals surface area contributed by atoms with Crippen molar-refractivity contribution in [3.8, 4) is 0 Å². The van der Waals surface area contributed by atoms with Gasteiger partial charge in [0.05, 0.1) is 43.1 Å². The average Bonchev–Trinajstić information content (AvgIpc) is 3.40. The lowest BCUT2D eigenvalue weighted by Crippen LogP contribution is -2.42. The Bertz CT molecular complexity index is 1650. The third kappa shape index (κ3) is 6.18. The van der Waals surface area contributed by atoms with Gasteiger partial charge < -0.3 is 20.3 Å². The van der Waals surface area contributed by atoms with Crippen LogP contribution in [0, 0.1) is 12.8 Å². The van der Waals surface area contributed by atoms with Crippen molar-refractivity contribution in [2.45, 2.75) is 26.8 Å². The number of nitrogens with zero attached hydrogens (tertiary/aromatic N) is 5. The Balaban J connectivity index is 1.20. The third-order valence-corrected chi connectivity index (χ3v) is 8.13. The van der Waals surface area contributed by atoms with Crippen LogP contribution in [0.4, 0.5) is 17.1 Å². The highest BCUT2D eigenvalue weighted by atomic mass is 16.5. The number of carbonyl (C=O) groups excluding carboxylic acids is 2. The molecular weight excluding hydrogens is 556 g/mol. The molecule has 1 saturated heterocycles. The molecule has 11 nitrogen and oxygen atoms in total. The molecule has 3 aliphatic rings. The van der Waals surface area contributed by atoms with Gasteiger partial charge in [-0.3, -0.25) is 25.0 Å². The first-order chi connectivity index (χ1) is 21.4. The van der Waals surface area contributed by atoms with Gasteiger partial charge >= 0.3 is 0 Å². The molecule has 3 aliphatic heterocycles. The van der Waals surface area contributed by atoms with Crippen LogP contribution in [0.25, 0.3) is 0 Å². The zero-order valence-electron chi connectivity index (χ0n) is 25.1. The summed E-state index contributed by atoms with van der Waals surface area (Å²) in [5, 5.41) is 8.02. The fourth-order valence-electron chi connectivity index (χ4n) is 5.60. The molecule has 1 aromatic heterocycles. The normalized spacial score (nSPS) is 19.4. The largest absolute Gasteiger partial charge is 0.378 e. The molecule has 4 heterocycles. The van der Waals surface area contributed by atoms with E-state index in [0.29, 0.717) is 42.5 Å². The van der Waals surface area contributed by atoms with Gasteiger partial charge in [-0.1, -0.05) is 18.2 Å². The third-order valence-electron chi connectivity index (χ3n) is 8.13. The molecule has 11 heteroatoms. The SMILES string of the molecule is CC1=C2C(=Nc3cc(NC(=O)c4cccc(N5CCOCC5)c4)ccc3C)N=CNN2CC1C(=O)NC(C)c1ccccn1. The quantitative estimate of drug-likeness (QED) is 0.377. The number of hydrogen-bond donors (Lipinski definition) is 3. The summed E-state index contributed by atoms with van der Waals surface area (Å²) in [6.45, 7) is 9.24. The highest BCUT2D eigenvalue weighted by Crippen LogP contribution is 2.32. The van der Waals surface area contributed by atoms with Gasteiger partial charge in [-0.05, 0) is 74.4 Å². The van der Waals surface area contributed by atoms with Gasteiger partial charge in [0.2, 0.25) is 5.91 Å². The van der Waals surface area contributed by atoms with Crippen molar-refractivity contribution in [2.75, 3.05) is 43.1 Å². The first kappa shape index (κ1) is 29.1. The molecule has 1 fully saturated rings. The smallest absolute Gasteiger partial charge is 0.255 e. The number of aryl methyl sites for hydroxylation is 1. The Labute approximate surface area is 256 Å². The fourth-order valence-corrected chi connectivity index (χ4v) is 5.60. The van der Waals surface area contributed by atoms with E-state index in [0.717, 1.165) is 41.3 Å². The van der Waals surface area contributed by atoms with Crippen molar-refractivity contribution in [1.82, 2.24) is 20.7 Å². The van der Waals surface area contributed by atoms with Crippen LogP contribution in [-0.2, 0) is 9.53 Å². The topological polar surface area (TPSA) is 124 Å². The maximum atomic E-state index is 13.3. The van der Waals surface area contributed by atoms with E-state index in [4.69, 9.17) is 9.73 Å². The molecule has 0 bridgehead atoms. The van der Waals surface area contributed by atoms with E-state index >= 15 is 0 Å². The average molecular weight is 593 g/mol. The Morgan fingerprint density at radius 1 is 1.07 bits per heavy atom. The lowest BCUT2D eigenvalue weighted by molar-refractivity contribution is -0.124. The molecule has 2 amide bonds. The van der Waals surface area contributed by atoms with E-state index in [1.807, 2.05) is 86.4 Å². The van der Waals surface area contributed by atoms with Crippen LogP contribution in [0.15, 0.2) is 88.1 Å². The van der Waals surface area contributed by atoms with E-state index in [2.05, 4.69) is 30.9 Å². The predicted molar refractivity (Wildman–Crippen MR) is 171 cm³/mol. The van der Waals surface area contributed by atoms with E-state index in [9.17, 15) is 9.59 Å². The number of rotatable bonds is 7. The van der Waals surface area contributed by atoms with Gasteiger partial charge in [-0.2, -0.15) is 0 Å². The van der Waals surface area contributed by atoms with Crippen molar-refractivity contribution in [3.63, 3.8) is 0 Å². The molecule has 6 rings (SSSR count). The molecule has 3 N–H and O–H groups in total. The highest BCUT2D eigenvalue weighted by molar-refractivity contribution is 6.07. The molecule has 0 radical (unpaired) electrons. The standard InChI is InChI=1S/C33H36N8O3/c1-21-10-11-25(38-32(42)24-7-6-8-26(17-24)40-13-15-44-16-14-40)18-29(21)39-31-30-22(2)27(19-41(30)36-20-35-31)33(43)37-23(3)28-9-4-5-12-34-28/h4-12,17-18,20,23,27H,13-16,19H2,1-3H3,(H,37,43)(H,38,42)(H,35,36,39). The van der Waals surface area contributed by atoms with Gasteiger partial charge in [0.25, 0.3) is 5.91 Å². The van der Waals surface area contributed by atoms with E-state index < -0.39 is 0 Å². The number of hydrogen-bond acceptors (Lipinski definition) is 8. The number of aromatic nitrogens is 1. The predicted octanol–water partition coefficient (Wildman–Crippen LogP) is 4.14. The summed E-state index contributed by atoms with van der Waals surface area (Å²) in [5.41, 5.74) is 9.41. The van der Waals surface area contributed by atoms with Gasteiger partial charge in [0.15, 0.2) is 5.84 Å². The molecule has 0 saturated carbocycles. The lowest BCUT2D eigenvalue weighted by atomic mass is 10.0. The van der Waals surface area contributed by atoms with E-state index in [1.165, 1.54) is 0 Å². The summed E-state index contributed by atoms with van der Waals surface area (Å²) in [4.78, 5) is 42.5. The molecule has 3 aromatic rings. The first-order valence-corrected chi connectivity index (χ1v) is 14.8.